The fourth-order valence-corrected chi connectivity index (χ4v) is 10.4. The molecule has 0 aliphatic carbocycles. The molecule has 2 aliphatic heterocycles. The van der Waals surface area contributed by atoms with E-state index >= 15 is 0 Å². The van der Waals surface area contributed by atoms with Crippen molar-refractivity contribution in [2.45, 2.75) is 127 Å². The molecule has 10 rings (SSSR count). The maximum atomic E-state index is 14.7. The number of carbonyl (C=O) groups is 1. The highest BCUT2D eigenvalue weighted by Gasteiger charge is 2.51. The third-order valence-corrected chi connectivity index (χ3v) is 15.0. The van der Waals surface area contributed by atoms with E-state index in [9.17, 15) is 4.79 Å². The molecular weight excluding hydrogens is 1100 g/mol. The predicted octanol–water partition coefficient (Wildman–Crippen LogP) is 12.6. The van der Waals surface area contributed by atoms with E-state index in [0.717, 1.165) is 44.5 Å². The molecule has 8 aromatic rings. The van der Waals surface area contributed by atoms with Crippen LogP contribution < -0.4 is 0 Å². The molecule has 2 aliphatic rings. The first-order valence-corrected chi connectivity index (χ1v) is 29.8. The Morgan fingerprint density at radius 1 is 0.391 bits per heavy atom. The van der Waals surface area contributed by atoms with Gasteiger partial charge in [0.2, 0.25) is 6.29 Å². The largest absolute Gasteiger partial charge is 0.433 e. The Labute approximate surface area is 511 Å². The second-order valence-corrected chi connectivity index (χ2v) is 21.4. The van der Waals surface area contributed by atoms with E-state index in [0.29, 0.717) is 6.61 Å². The molecule has 0 saturated carbocycles. The zero-order valence-corrected chi connectivity index (χ0v) is 49.0. The molecule has 0 radical (unpaired) electrons. The van der Waals surface area contributed by atoms with Gasteiger partial charge in [0.05, 0.1) is 59.5 Å². The quantitative estimate of drug-likeness (QED) is 0.0313. The number of esters is 1. The standard InChI is InChI=1S/C74H76O13/c1-76-73-71(83-51-61-38-22-8-23-39-61)69(81-49-59-34-18-6-19-35-59)68(80-48-58-32-16-5-17-33-58)65(85-73)54-78-63(43-42-55-26-10-2-11-27-55)44-45-66(75)87-74-72(84-52-62-40-24-9-25-41-62)70(82-50-60-36-20-7-21-37-60)67(79-47-57-30-14-4-15-31-57)64(86-74)53-77-46-56-28-12-3-13-29-56/h2-41,63-65,67-74H,44-54H2,1H3/t63?,64-,65-,67+,68-,69+,70+,71-,72-,73+,74-/m1/s1. The van der Waals surface area contributed by atoms with Gasteiger partial charge in [-0.2, -0.15) is 0 Å². The minimum Gasteiger partial charge on any atom is -0.433 e. The second kappa shape index (κ2) is 34.0. The molecule has 2 heterocycles. The van der Waals surface area contributed by atoms with Gasteiger partial charge in [0, 0.05) is 19.1 Å². The number of carbonyl (C=O) groups excluding carboxylic acids is 1. The van der Waals surface area contributed by atoms with Crippen molar-refractivity contribution in [2.75, 3.05) is 20.3 Å². The van der Waals surface area contributed by atoms with Crippen LogP contribution in [0.25, 0.3) is 0 Å². The maximum absolute atomic E-state index is 14.7. The average Bonchev–Trinajstić information content (AvgIpc) is 1.56. The topological polar surface area (TPSA) is 128 Å². The van der Waals surface area contributed by atoms with Crippen LogP contribution in [-0.2, 0) is 108 Å². The number of hydrogen-bond donors (Lipinski definition) is 0. The van der Waals surface area contributed by atoms with Gasteiger partial charge in [0.15, 0.2) is 6.29 Å². The summed E-state index contributed by atoms with van der Waals surface area (Å²) in [5.41, 5.74) is 7.49. The Hall–Kier alpha value is -7.65. The second-order valence-electron chi connectivity index (χ2n) is 21.4. The maximum Gasteiger partial charge on any atom is 0.308 e. The van der Waals surface area contributed by atoms with Crippen molar-refractivity contribution in [2.24, 2.45) is 0 Å². The molecule has 450 valence electrons. The van der Waals surface area contributed by atoms with E-state index in [-0.39, 0.29) is 65.7 Å². The van der Waals surface area contributed by atoms with E-state index in [2.05, 4.69) is 11.8 Å². The Morgan fingerprint density at radius 3 is 1.10 bits per heavy atom. The van der Waals surface area contributed by atoms with Crippen molar-refractivity contribution in [3.05, 3.63) is 287 Å². The summed E-state index contributed by atoms with van der Waals surface area (Å²) in [4.78, 5) is 14.7. The Morgan fingerprint density at radius 2 is 0.713 bits per heavy atom. The first-order valence-electron chi connectivity index (χ1n) is 29.8. The molecule has 0 amide bonds. The summed E-state index contributed by atoms with van der Waals surface area (Å²) in [6.45, 7) is 1.81. The number of ether oxygens (including phenoxy) is 12. The highest BCUT2D eigenvalue weighted by Crippen LogP contribution is 2.34. The van der Waals surface area contributed by atoms with Crippen molar-refractivity contribution in [1.82, 2.24) is 0 Å². The van der Waals surface area contributed by atoms with Crippen LogP contribution in [0.3, 0.4) is 0 Å². The fourth-order valence-electron chi connectivity index (χ4n) is 10.4. The van der Waals surface area contributed by atoms with Crippen molar-refractivity contribution >= 4 is 5.97 Å². The molecule has 13 heteroatoms. The van der Waals surface area contributed by atoms with Crippen LogP contribution in [-0.4, -0.2) is 93.8 Å². The summed E-state index contributed by atoms with van der Waals surface area (Å²) in [5, 5.41) is 0. The molecule has 0 bridgehead atoms. The SMILES string of the molecule is CO[C@H]1O[C@H](COC(C#Cc2ccccc2)CCC(=O)O[C@H]2O[C@H](COCc3ccccc3)[C@H](OCc3ccccc3)[C@H](OCc3ccccc3)[C@H]2OCc2ccccc2)[C@@H](OCc2ccccc2)[C@H](OCc2ccccc2)[C@H]1OCc1ccccc1. The van der Waals surface area contributed by atoms with E-state index < -0.39 is 73.5 Å². The molecule has 11 atom stereocenters. The molecule has 1 unspecified atom stereocenters. The molecule has 0 N–H and O–H groups in total. The Bertz CT molecular complexity index is 3250. The normalized spacial score (nSPS) is 22.1. The molecule has 87 heavy (non-hydrogen) atoms. The van der Waals surface area contributed by atoms with Crippen LogP contribution in [0.15, 0.2) is 243 Å². The van der Waals surface area contributed by atoms with E-state index in [4.69, 9.17) is 56.8 Å². The zero-order valence-electron chi connectivity index (χ0n) is 49.0. The number of methoxy groups -OCH3 is 1. The summed E-state index contributed by atoms with van der Waals surface area (Å²) in [7, 11) is 1.59. The third kappa shape index (κ3) is 19.4. The summed E-state index contributed by atoms with van der Waals surface area (Å²) in [5.74, 6) is 6.04. The van der Waals surface area contributed by atoms with E-state index in [1.54, 1.807) is 7.11 Å². The first-order chi connectivity index (χ1) is 43.0. The van der Waals surface area contributed by atoms with Crippen LogP contribution >= 0.6 is 0 Å². The molecule has 13 nitrogen and oxygen atoms in total. The monoisotopic (exact) mass is 1170 g/mol. The molecule has 2 fully saturated rings. The van der Waals surface area contributed by atoms with Gasteiger partial charge >= 0.3 is 5.97 Å². The van der Waals surface area contributed by atoms with Gasteiger partial charge in [0.1, 0.15) is 54.9 Å². The van der Waals surface area contributed by atoms with Crippen LogP contribution in [0.5, 0.6) is 0 Å². The van der Waals surface area contributed by atoms with Gasteiger partial charge in [0.25, 0.3) is 0 Å². The molecule has 0 spiro atoms. The van der Waals surface area contributed by atoms with Crippen molar-refractivity contribution in [3.8, 4) is 11.8 Å². The first kappa shape index (κ1) is 62.4. The lowest BCUT2D eigenvalue weighted by atomic mass is 9.97. The average molecular weight is 1170 g/mol. The van der Waals surface area contributed by atoms with Gasteiger partial charge < -0.3 is 56.8 Å². The molecule has 0 aromatic heterocycles. The summed E-state index contributed by atoms with van der Waals surface area (Å²) in [6.07, 6.45) is -9.10. The Kier molecular flexibility index (Phi) is 24.4. The van der Waals surface area contributed by atoms with E-state index in [1.165, 1.54) is 0 Å². The lowest BCUT2D eigenvalue weighted by Gasteiger charge is -2.45. The highest BCUT2D eigenvalue weighted by atomic mass is 16.7. The number of hydrogen-bond acceptors (Lipinski definition) is 13. The predicted molar refractivity (Wildman–Crippen MR) is 329 cm³/mol. The fraction of sp³-hybridized carbons (Fsp3) is 0.311. The van der Waals surface area contributed by atoms with Gasteiger partial charge in [-0.3, -0.25) is 4.79 Å². The Balaban J connectivity index is 0.917. The summed E-state index contributed by atoms with van der Waals surface area (Å²) < 4.78 is 80.6. The van der Waals surface area contributed by atoms with Crippen molar-refractivity contribution in [3.63, 3.8) is 0 Å². The van der Waals surface area contributed by atoms with Crippen LogP contribution in [0, 0.1) is 11.8 Å². The zero-order chi connectivity index (χ0) is 59.5. The smallest absolute Gasteiger partial charge is 0.308 e. The summed E-state index contributed by atoms with van der Waals surface area (Å²) in [6, 6.07) is 79.0. The molecule has 2 saturated heterocycles. The van der Waals surface area contributed by atoms with Crippen LogP contribution in [0.1, 0.15) is 57.3 Å². The highest BCUT2D eigenvalue weighted by molar-refractivity contribution is 5.69. The number of rotatable bonds is 30. The molecule has 8 aromatic carbocycles. The van der Waals surface area contributed by atoms with Gasteiger partial charge in [-0.1, -0.05) is 242 Å². The van der Waals surface area contributed by atoms with Crippen molar-refractivity contribution in [1.29, 1.82) is 0 Å². The van der Waals surface area contributed by atoms with E-state index in [1.807, 2.05) is 243 Å². The van der Waals surface area contributed by atoms with Gasteiger partial charge in [-0.25, -0.2) is 0 Å². The minimum absolute atomic E-state index is 0.0182. The van der Waals surface area contributed by atoms with Crippen LogP contribution in [0.2, 0.25) is 0 Å². The summed E-state index contributed by atoms with van der Waals surface area (Å²) >= 11 is 0. The van der Waals surface area contributed by atoms with Crippen LogP contribution in [0.4, 0.5) is 0 Å². The number of benzene rings is 8. The third-order valence-electron chi connectivity index (χ3n) is 15.0. The minimum atomic E-state index is -1.26. The van der Waals surface area contributed by atoms with Gasteiger partial charge in [-0.05, 0) is 57.5 Å². The van der Waals surface area contributed by atoms with Crippen molar-refractivity contribution < 1.29 is 61.6 Å². The van der Waals surface area contributed by atoms with Gasteiger partial charge in [-0.15, -0.1) is 0 Å². The lowest BCUT2D eigenvalue weighted by Crippen LogP contribution is -2.62. The lowest BCUT2D eigenvalue weighted by molar-refractivity contribution is -0.323. The molecular formula is C74H76O13.